The van der Waals surface area contributed by atoms with Gasteiger partial charge in [-0.2, -0.15) is 0 Å². The molecular formula is C13H16N2O4. The zero-order chi connectivity index (χ0) is 13.6. The number of rotatable bonds is 2. The predicted molar refractivity (Wildman–Crippen MR) is 64.5 cm³/mol. The maximum absolute atomic E-state index is 12.4. The molecule has 2 aliphatic rings. The highest BCUT2D eigenvalue weighted by molar-refractivity contribution is 5.95. The number of carbonyl (C=O) groups excluding carboxylic acids is 1. The van der Waals surface area contributed by atoms with Crippen molar-refractivity contribution in [3.05, 3.63) is 17.5 Å². The molecule has 3 atom stereocenters. The van der Waals surface area contributed by atoms with Crippen LogP contribution in [0.15, 0.2) is 10.7 Å². The lowest BCUT2D eigenvalue weighted by atomic mass is 9.94. The minimum atomic E-state index is -0.917. The summed E-state index contributed by atoms with van der Waals surface area (Å²) in [6, 6.07) is -0.718. The van der Waals surface area contributed by atoms with Gasteiger partial charge < -0.3 is 14.5 Å². The van der Waals surface area contributed by atoms with Crippen LogP contribution in [0.3, 0.4) is 0 Å². The minimum absolute atomic E-state index is 0.0877. The maximum atomic E-state index is 12.4. The number of aromatic nitrogens is 1. The van der Waals surface area contributed by atoms with Crippen LogP contribution in [0.4, 0.5) is 0 Å². The Balaban J connectivity index is 1.90. The zero-order valence-electron chi connectivity index (χ0n) is 10.7. The van der Waals surface area contributed by atoms with Crippen molar-refractivity contribution in [3.63, 3.8) is 0 Å². The van der Waals surface area contributed by atoms with Crippen LogP contribution in [0.1, 0.15) is 35.4 Å². The molecule has 0 aromatic carbocycles. The number of carboxylic acid groups (broad SMARTS) is 1. The number of amides is 1. The van der Waals surface area contributed by atoms with Crippen LogP contribution in [0.5, 0.6) is 0 Å². The molecule has 6 nitrogen and oxygen atoms in total. The monoisotopic (exact) mass is 264 g/mol. The fourth-order valence-corrected chi connectivity index (χ4v) is 3.46. The first kappa shape index (κ1) is 12.2. The van der Waals surface area contributed by atoms with Crippen molar-refractivity contribution in [2.24, 2.45) is 11.8 Å². The van der Waals surface area contributed by atoms with Gasteiger partial charge in [-0.05, 0) is 31.6 Å². The van der Waals surface area contributed by atoms with E-state index in [0.717, 1.165) is 19.3 Å². The smallest absolute Gasteiger partial charge is 0.326 e. The lowest BCUT2D eigenvalue weighted by molar-refractivity contribution is -0.142. The third kappa shape index (κ3) is 1.82. The Morgan fingerprint density at radius 2 is 2.26 bits per heavy atom. The average Bonchev–Trinajstić information content (AvgIpc) is 3.00. The second kappa shape index (κ2) is 4.36. The van der Waals surface area contributed by atoms with E-state index >= 15 is 0 Å². The quantitative estimate of drug-likeness (QED) is 0.870. The average molecular weight is 264 g/mol. The fourth-order valence-electron chi connectivity index (χ4n) is 3.46. The highest BCUT2D eigenvalue weighted by atomic mass is 16.5. The maximum Gasteiger partial charge on any atom is 0.326 e. The van der Waals surface area contributed by atoms with Gasteiger partial charge in [-0.15, -0.1) is 0 Å². The molecule has 3 unspecified atom stereocenters. The summed E-state index contributed by atoms with van der Waals surface area (Å²) in [6.07, 6.45) is 4.43. The topological polar surface area (TPSA) is 83.6 Å². The second-order valence-corrected chi connectivity index (χ2v) is 5.43. The normalized spacial score (nSPS) is 29.5. The summed E-state index contributed by atoms with van der Waals surface area (Å²) in [7, 11) is 0. The fraction of sp³-hybridized carbons (Fsp3) is 0.615. The molecule has 0 bridgehead atoms. The van der Waals surface area contributed by atoms with Crippen molar-refractivity contribution >= 4 is 11.9 Å². The summed E-state index contributed by atoms with van der Waals surface area (Å²) >= 11 is 0. The van der Waals surface area contributed by atoms with E-state index in [2.05, 4.69) is 5.16 Å². The molecule has 6 heteroatoms. The summed E-state index contributed by atoms with van der Waals surface area (Å²) in [6.45, 7) is 2.25. The van der Waals surface area contributed by atoms with Gasteiger partial charge in [0.05, 0.1) is 6.20 Å². The Morgan fingerprint density at radius 1 is 1.47 bits per heavy atom. The van der Waals surface area contributed by atoms with E-state index in [9.17, 15) is 14.7 Å². The molecule has 1 aromatic heterocycles. The molecule has 3 rings (SSSR count). The molecule has 1 aromatic rings. The van der Waals surface area contributed by atoms with Gasteiger partial charge in [0.25, 0.3) is 5.91 Å². The summed E-state index contributed by atoms with van der Waals surface area (Å²) in [5.74, 6) is -0.708. The van der Waals surface area contributed by atoms with E-state index in [1.165, 1.54) is 11.1 Å². The lowest BCUT2D eigenvalue weighted by Gasteiger charge is -2.23. The molecule has 1 aliphatic carbocycles. The number of hydrogen-bond donors (Lipinski definition) is 1. The summed E-state index contributed by atoms with van der Waals surface area (Å²) in [5, 5.41) is 13.0. The van der Waals surface area contributed by atoms with Gasteiger partial charge in [0.1, 0.15) is 6.04 Å². The van der Waals surface area contributed by atoms with Gasteiger partial charge in [-0.25, -0.2) is 4.79 Å². The van der Waals surface area contributed by atoms with E-state index in [1.54, 1.807) is 6.92 Å². The minimum Gasteiger partial charge on any atom is -0.480 e. The van der Waals surface area contributed by atoms with Gasteiger partial charge in [0, 0.05) is 12.1 Å². The first-order valence-electron chi connectivity index (χ1n) is 6.54. The number of aryl methyl sites for hydroxylation is 1. The van der Waals surface area contributed by atoms with Gasteiger partial charge in [0.2, 0.25) is 5.76 Å². The second-order valence-electron chi connectivity index (χ2n) is 5.43. The molecule has 19 heavy (non-hydrogen) atoms. The third-order valence-corrected chi connectivity index (χ3v) is 4.35. The molecule has 0 radical (unpaired) electrons. The number of aliphatic carboxylic acids is 1. The van der Waals surface area contributed by atoms with Crippen molar-refractivity contribution < 1.29 is 19.2 Å². The first-order valence-corrected chi connectivity index (χ1v) is 6.54. The Hall–Kier alpha value is -1.85. The number of carbonyl (C=O) groups is 2. The van der Waals surface area contributed by atoms with Crippen molar-refractivity contribution in [2.75, 3.05) is 6.54 Å². The van der Waals surface area contributed by atoms with Crippen molar-refractivity contribution in [1.29, 1.82) is 0 Å². The highest BCUT2D eigenvalue weighted by Crippen LogP contribution is 2.42. The number of hydrogen-bond acceptors (Lipinski definition) is 4. The number of nitrogens with zero attached hydrogens (tertiary/aromatic N) is 2. The highest BCUT2D eigenvalue weighted by Gasteiger charge is 2.50. The standard InChI is InChI=1S/C13H16N2O4/c1-7-5-14-19-11(7)12(16)15-6-8-3-2-4-9(8)10(15)13(17)18/h5,8-10H,2-4,6H2,1H3,(H,17,18). The van der Waals surface area contributed by atoms with Crippen LogP contribution in [-0.4, -0.2) is 39.6 Å². The molecular weight excluding hydrogens is 248 g/mol. The van der Waals surface area contributed by atoms with Crippen molar-refractivity contribution in [3.8, 4) is 0 Å². The van der Waals surface area contributed by atoms with E-state index in [1.807, 2.05) is 0 Å². The molecule has 1 saturated heterocycles. The number of likely N-dealkylation sites (tertiary alicyclic amines) is 1. The van der Waals surface area contributed by atoms with Crippen LogP contribution in [-0.2, 0) is 4.79 Å². The van der Waals surface area contributed by atoms with E-state index in [4.69, 9.17) is 4.52 Å². The van der Waals surface area contributed by atoms with Crippen LogP contribution >= 0.6 is 0 Å². The largest absolute Gasteiger partial charge is 0.480 e. The zero-order valence-corrected chi connectivity index (χ0v) is 10.7. The van der Waals surface area contributed by atoms with Crippen LogP contribution in [0.25, 0.3) is 0 Å². The Labute approximate surface area is 110 Å². The molecule has 1 saturated carbocycles. The summed E-state index contributed by atoms with van der Waals surface area (Å²) in [5.41, 5.74) is 0.645. The number of carboxylic acids is 1. The van der Waals surface area contributed by atoms with Crippen LogP contribution in [0.2, 0.25) is 0 Å². The first-order chi connectivity index (χ1) is 9.09. The van der Waals surface area contributed by atoms with E-state index < -0.39 is 12.0 Å². The van der Waals surface area contributed by atoms with E-state index in [0.29, 0.717) is 18.0 Å². The van der Waals surface area contributed by atoms with Gasteiger partial charge in [-0.3, -0.25) is 4.79 Å². The predicted octanol–water partition coefficient (Wildman–Crippen LogP) is 1.31. The molecule has 2 heterocycles. The van der Waals surface area contributed by atoms with Crippen LogP contribution in [0, 0.1) is 18.8 Å². The Bertz CT molecular complexity index is 524. The number of fused-ring (bicyclic) bond motifs is 1. The van der Waals surface area contributed by atoms with Crippen molar-refractivity contribution in [1.82, 2.24) is 10.1 Å². The summed E-state index contributed by atoms with van der Waals surface area (Å²) in [4.78, 5) is 25.3. The lowest BCUT2D eigenvalue weighted by Crippen LogP contribution is -2.43. The molecule has 2 fully saturated rings. The Morgan fingerprint density at radius 3 is 2.89 bits per heavy atom. The SMILES string of the molecule is Cc1cnoc1C(=O)N1CC2CCCC2C1C(=O)O. The van der Waals surface area contributed by atoms with Crippen molar-refractivity contribution in [2.45, 2.75) is 32.2 Å². The van der Waals surface area contributed by atoms with Gasteiger partial charge >= 0.3 is 5.97 Å². The van der Waals surface area contributed by atoms with E-state index in [-0.39, 0.29) is 17.6 Å². The summed E-state index contributed by atoms with van der Waals surface area (Å²) < 4.78 is 4.95. The molecule has 102 valence electrons. The van der Waals surface area contributed by atoms with Crippen LogP contribution < -0.4 is 0 Å². The van der Waals surface area contributed by atoms with Gasteiger partial charge in [0.15, 0.2) is 0 Å². The molecule has 0 spiro atoms. The Kier molecular flexibility index (Phi) is 2.80. The third-order valence-electron chi connectivity index (χ3n) is 4.35. The van der Waals surface area contributed by atoms with Gasteiger partial charge in [-0.1, -0.05) is 11.6 Å². The molecule has 1 aliphatic heterocycles. The molecule has 1 amide bonds. The molecule has 1 N–H and O–H groups in total.